The van der Waals surface area contributed by atoms with Crippen LogP contribution in [0, 0.1) is 0 Å². The lowest BCUT2D eigenvalue weighted by molar-refractivity contribution is 0.398. The first kappa shape index (κ1) is 21.2. The summed E-state index contributed by atoms with van der Waals surface area (Å²) >= 11 is 5.65. The minimum absolute atomic E-state index is 0.142. The van der Waals surface area contributed by atoms with Crippen LogP contribution in [0.15, 0.2) is 58.8 Å². The number of nitrogens with zero attached hydrogens (tertiary/aromatic N) is 3. The van der Waals surface area contributed by atoms with Crippen molar-refractivity contribution in [1.82, 2.24) is 20.4 Å². The van der Waals surface area contributed by atoms with E-state index in [1.165, 1.54) is 11.1 Å². The number of aryl methyl sites for hydroxylation is 2. The molecule has 6 heteroatoms. The van der Waals surface area contributed by atoms with E-state index in [0.717, 1.165) is 41.8 Å². The van der Waals surface area contributed by atoms with E-state index >= 15 is 0 Å². The summed E-state index contributed by atoms with van der Waals surface area (Å²) in [5.74, 6) is 1.11. The van der Waals surface area contributed by atoms with Gasteiger partial charge in [0.05, 0.1) is 11.6 Å². The highest BCUT2D eigenvalue weighted by atomic mass is 32.1. The lowest BCUT2D eigenvalue weighted by atomic mass is 9.94. The molecule has 0 fully saturated rings. The lowest BCUT2D eigenvalue weighted by Crippen LogP contribution is -2.45. The van der Waals surface area contributed by atoms with E-state index in [1.807, 2.05) is 12.1 Å². The summed E-state index contributed by atoms with van der Waals surface area (Å²) in [5, 5.41) is 8.47. The molecule has 0 radical (unpaired) electrons. The van der Waals surface area contributed by atoms with Crippen molar-refractivity contribution in [3.05, 3.63) is 76.8 Å². The standard InChI is InChI=1S/C25H28N4OS/c1-5-17-8-12-19(13-9-17)22-21(16(4)29(7-3)25(31)26-22)24-27-23(28-30-24)20-14-10-18(6-2)11-15-20/h8-15,22H,5-7H2,1-4H3,(H,26,31). The second-order valence-corrected chi connectivity index (χ2v) is 8.08. The topological polar surface area (TPSA) is 54.2 Å². The van der Waals surface area contributed by atoms with Crippen LogP contribution in [-0.4, -0.2) is 26.7 Å². The largest absolute Gasteiger partial charge is 0.351 e. The zero-order valence-electron chi connectivity index (χ0n) is 18.5. The predicted octanol–water partition coefficient (Wildman–Crippen LogP) is 5.54. The monoisotopic (exact) mass is 432 g/mol. The first-order valence-electron chi connectivity index (χ1n) is 10.9. The minimum atomic E-state index is -0.142. The van der Waals surface area contributed by atoms with E-state index in [1.54, 1.807) is 0 Å². The van der Waals surface area contributed by atoms with Crippen LogP contribution in [0.1, 0.15) is 56.3 Å². The van der Waals surface area contributed by atoms with Gasteiger partial charge in [0.1, 0.15) is 0 Å². The summed E-state index contributed by atoms with van der Waals surface area (Å²) in [7, 11) is 0. The van der Waals surface area contributed by atoms with Gasteiger partial charge in [0.15, 0.2) is 5.11 Å². The summed E-state index contributed by atoms with van der Waals surface area (Å²) in [6, 6.07) is 16.8. The van der Waals surface area contributed by atoms with Crippen molar-refractivity contribution in [2.24, 2.45) is 0 Å². The number of aromatic nitrogens is 2. The van der Waals surface area contributed by atoms with E-state index in [4.69, 9.17) is 21.7 Å². The molecule has 2 aromatic carbocycles. The van der Waals surface area contributed by atoms with Crippen molar-refractivity contribution in [3.8, 4) is 11.4 Å². The molecule has 0 aliphatic carbocycles. The van der Waals surface area contributed by atoms with Gasteiger partial charge in [0, 0.05) is 17.8 Å². The van der Waals surface area contributed by atoms with Gasteiger partial charge >= 0.3 is 0 Å². The molecule has 1 unspecified atom stereocenters. The van der Waals surface area contributed by atoms with Crippen molar-refractivity contribution >= 4 is 22.9 Å². The smallest absolute Gasteiger partial charge is 0.258 e. The van der Waals surface area contributed by atoms with Gasteiger partial charge in [-0.15, -0.1) is 0 Å². The fourth-order valence-corrected chi connectivity index (χ4v) is 4.36. The van der Waals surface area contributed by atoms with Crippen LogP contribution in [0.25, 0.3) is 17.0 Å². The summed E-state index contributed by atoms with van der Waals surface area (Å²) in [4.78, 5) is 6.84. The quantitative estimate of drug-likeness (QED) is 0.516. The van der Waals surface area contributed by atoms with Gasteiger partial charge < -0.3 is 14.7 Å². The van der Waals surface area contributed by atoms with E-state index in [9.17, 15) is 0 Å². The Morgan fingerprint density at radius 2 is 1.58 bits per heavy atom. The maximum atomic E-state index is 5.78. The number of allylic oxidation sites excluding steroid dienone is 1. The van der Waals surface area contributed by atoms with Crippen LogP contribution in [0.5, 0.6) is 0 Å². The summed E-state index contributed by atoms with van der Waals surface area (Å²) in [6.07, 6.45) is 2.01. The predicted molar refractivity (Wildman–Crippen MR) is 128 cm³/mol. The number of thiocarbonyl (C=S) groups is 1. The van der Waals surface area contributed by atoms with Gasteiger partial charge in [-0.05, 0) is 55.6 Å². The number of hydrogen-bond donors (Lipinski definition) is 1. The molecule has 0 bridgehead atoms. The number of nitrogens with one attached hydrogen (secondary N) is 1. The Kier molecular flexibility index (Phi) is 6.18. The highest BCUT2D eigenvalue weighted by molar-refractivity contribution is 7.80. The lowest BCUT2D eigenvalue weighted by Gasteiger charge is -2.36. The minimum Gasteiger partial charge on any atom is -0.351 e. The number of benzene rings is 2. The van der Waals surface area contributed by atoms with E-state index < -0.39 is 0 Å². The molecule has 3 aromatic rings. The molecule has 1 N–H and O–H groups in total. The highest BCUT2D eigenvalue weighted by Gasteiger charge is 2.33. The zero-order valence-corrected chi connectivity index (χ0v) is 19.3. The number of hydrogen-bond acceptors (Lipinski definition) is 4. The third-order valence-corrected chi connectivity index (χ3v) is 6.25. The molecule has 31 heavy (non-hydrogen) atoms. The maximum Gasteiger partial charge on any atom is 0.258 e. The van der Waals surface area contributed by atoms with Crippen LogP contribution >= 0.6 is 12.2 Å². The van der Waals surface area contributed by atoms with Crippen molar-refractivity contribution in [2.45, 2.75) is 46.6 Å². The van der Waals surface area contributed by atoms with Crippen LogP contribution in [0.2, 0.25) is 0 Å². The Labute approximate surface area is 189 Å². The molecule has 1 aliphatic heterocycles. The zero-order chi connectivity index (χ0) is 22.0. The molecular weight excluding hydrogens is 404 g/mol. The van der Waals surface area contributed by atoms with Crippen LogP contribution < -0.4 is 5.32 Å². The molecule has 1 aliphatic rings. The molecule has 5 nitrogen and oxygen atoms in total. The maximum absolute atomic E-state index is 5.78. The van der Waals surface area contributed by atoms with Gasteiger partial charge in [-0.3, -0.25) is 0 Å². The molecule has 1 atom stereocenters. The summed E-state index contributed by atoms with van der Waals surface area (Å²) < 4.78 is 5.78. The molecule has 0 saturated carbocycles. The number of rotatable bonds is 6. The van der Waals surface area contributed by atoms with Gasteiger partial charge in [0.2, 0.25) is 5.82 Å². The molecule has 0 amide bonds. The fraction of sp³-hybridized carbons (Fsp3) is 0.320. The Morgan fingerprint density at radius 3 is 2.16 bits per heavy atom. The van der Waals surface area contributed by atoms with Crippen molar-refractivity contribution < 1.29 is 4.52 Å². The summed E-state index contributed by atoms with van der Waals surface area (Å²) in [5.41, 5.74) is 6.65. The average molecular weight is 433 g/mol. The molecule has 160 valence electrons. The van der Waals surface area contributed by atoms with E-state index in [0.29, 0.717) is 16.8 Å². The van der Waals surface area contributed by atoms with Crippen molar-refractivity contribution in [1.29, 1.82) is 0 Å². The normalized spacial score (nSPS) is 16.6. The third-order valence-electron chi connectivity index (χ3n) is 5.91. The first-order chi connectivity index (χ1) is 15.0. The Morgan fingerprint density at radius 1 is 0.968 bits per heavy atom. The van der Waals surface area contributed by atoms with Crippen LogP contribution in [-0.2, 0) is 12.8 Å². The fourth-order valence-electron chi connectivity index (χ4n) is 3.97. The molecular formula is C25H28N4OS. The molecule has 1 aromatic heterocycles. The Bertz CT molecular complexity index is 1100. The molecule has 4 rings (SSSR count). The molecule has 2 heterocycles. The van der Waals surface area contributed by atoms with E-state index in [-0.39, 0.29) is 6.04 Å². The third kappa shape index (κ3) is 4.12. The van der Waals surface area contributed by atoms with Crippen molar-refractivity contribution in [3.63, 3.8) is 0 Å². The van der Waals surface area contributed by atoms with Gasteiger partial charge in [0.25, 0.3) is 5.89 Å². The Hall–Kier alpha value is -2.99. The van der Waals surface area contributed by atoms with E-state index in [2.05, 4.69) is 79.5 Å². The SMILES string of the molecule is CCc1ccc(-c2noc(C3=C(C)N(CC)C(=S)NC3c3ccc(CC)cc3)n2)cc1. The molecule has 0 spiro atoms. The summed E-state index contributed by atoms with van der Waals surface area (Å²) in [6.45, 7) is 9.22. The Balaban J connectivity index is 1.76. The van der Waals surface area contributed by atoms with Gasteiger partial charge in [-0.25, -0.2) is 0 Å². The highest BCUT2D eigenvalue weighted by Crippen LogP contribution is 2.37. The van der Waals surface area contributed by atoms with Gasteiger partial charge in [-0.2, -0.15) is 4.98 Å². The van der Waals surface area contributed by atoms with Gasteiger partial charge in [-0.1, -0.05) is 67.5 Å². The van der Waals surface area contributed by atoms with Crippen LogP contribution in [0.3, 0.4) is 0 Å². The second-order valence-electron chi connectivity index (χ2n) is 7.69. The first-order valence-corrected chi connectivity index (χ1v) is 11.3. The molecule has 0 saturated heterocycles. The van der Waals surface area contributed by atoms with Crippen LogP contribution in [0.4, 0.5) is 0 Å². The second kappa shape index (κ2) is 9.02. The van der Waals surface area contributed by atoms with Crippen molar-refractivity contribution in [2.75, 3.05) is 6.54 Å². The average Bonchev–Trinajstić information content (AvgIpc) is 3.29.